The fourth-order valence-electron chi connectivity index (χ4n) is 0.866. The van der Waals surface area contributed by atoms with Crippen LogP contribution in [0.3, 0.4) is 0 Å². The first-order valence-corrected chi connectivity index (χ1v) is 4.08. The summed E-state index contributed by atoms with van der Waals surface area (Å²) in [6.45, 7) is 6.65. The molecule has 0 fully saturated rings. The van der Waals surface area contributed by atoms with Crippen molar-refractivity contribution in [1.29, 1.82) is 0 Å². The van der Waals surface area contributed by atoms with Gasteiger partial charge in [-0.15, -0.1) is 0 Å². The van der Waals surface area contributed by atoms with E-state index in [4.69, 9.17) is 0 Å². The van der Waals surface area contributed by atoms with Crippen LogP contribution < -0.4 is 0 Å². The maximum atomic E-state index is 2.33. The van der Waals surface area contributed by atoms with E-state index in [1.807, 2.05) is 0 Å². The van der Waals surface area contributed by atoms with Gasteiger partial charge in [0, 0.05) is 0 Å². The standard InChI is InChI=1S/C6H13Si.Li/c1-5(2)4-6(3)7;/h4H,1-3,7H3;. The third-order valence-electron chi connectivity index (χ3n) is 0.722. The van der Waals surface area contributed by atoms with E-state index < -0.39 is 0 Å². The summed E-state index contributed by atoms with van der Waals surface area (Å²) < 4.78 is 0.395. The molecule has 0 saturated heterocycles. The van der Waals surface area contributed by atoms with Crippen LogP contribution in [0.25, 0.3) is 0 Å². The first kappa shape index (κ1) is 8.55. The first-order valence-electron chi connectivity index (χ1n) is 3.08. The second-order valence-electron chi connectivity index (χ2n) is 3.59. The maximum absolute atomic E-state index is 2.33. The average Bonchev–Trinajstić information content (AvgIpc) is 1.21. The Hall–Kier alpha value is 0.554. The molecule has 0 rings (SSSR count). The van der Waals surface area contributed by atoms with Crippen molar-refractivity contribution in [2.75, 3.05) is 0 Å². The van der Waals surface area contributed by atoms with Gasteiger partial charge in [-0.25, -0.2) is 0 Å². The quantitative estimate of drug-likeness (QED) is 0.445. The van der Waals surface area contributed by atoms with Crippen LogP contribution in [0, 0.1) is 0 Å². The van der Waals surface area contributed by atoms with Gasteiger partial charge in [0.25, 0.3) is 0 Å². The van der Waals surface area contributed by atoms with E-state index in [2.05, 4.69) is 44.6 Å². The molecule has 0 N–H and O–H groups in total. The molecule has 0 aromatic heterocycles. The van der Waals surface area contributed by atoms with Gasteiger partial charge in [-0.05, 0) is 0 Å². The van der Waals surface area contributed by atoms with Crippen molar-refractivity contribution in [3.05, 3.63) is 11.3 Å². The molecule has 0 saturated carbocycles. The van der Waals surface area contributed by atoms with E-state index in [1.165, 1.54) is 15.4 Å². The number of allylic oxidation sites excluding steroid dienone is 2. The molecule has 42 valence electrons. The monoisotopic (exact) mass is 120 g/mol. The molecule has 0 atom stereocenters. The van der Waals surface area contributed by atoms with Crippen LogP contribution in [-0.4, -0.2) is 28.0 Å². The summed E-state index contributed by atoms with van der Waals surface area (Å²) in [4.78, 5) is 0. The number of hydrogen-bond donors (Lipinski definition) is 0. The Morgan fingerprint density at radius 2 is 2.00 bits per heavy atom. The SMILES string of the molecule is [Li][C](C)(C)C=C(C)[SiH3]. The summed E-state index contributed by atoms with van der Waals surface area (Å²) >= 11 is 2.23. The minimum absolute atomic E-state index is 0.395. The van der Waals surface area contributed by atoms with E-state index in [0.29, 0.717) is 4.09 Å². The third-order valence-corrected chi connectivity index (χ3v) is 1.01. The third kappa shape index (κ3) is 6.55. The Labute approximate surface area is 64.4 Å². The van der Waals surface area contributed by atoms with Crippen molar-refractivity contribution in [1.82, 2.24) is 0 Å². The summed E-state index contributed by atoms with van der Waals surface area (Å²) in [5, 5.41) is 1.54. The van der Waals surface area contributed by atoms with E-state index in [9.17, 15) is 0 Å². The molecule has 0 bridgehead atoms. The average molecular weight is 120 g/mol. The Bertz CT molecular complexity index is 95.6. The van der Waals surface area contributed by atoms with Gasteiger partial charge in [0.05, 0.1) is 0 Å². The zero-order chi connectivity index (χ0) is 6.78. The summed E-state index contributed by atoms with van der Waals surface area (Å²) in [5.41, 5.74) is 0. The van der Waals surface area contributed by atoms with Crippen LogP contribution in [0.4, 0.5) is 0 Å². The predicted octanol–water partition coefficient (Wildman–Crippen LogP) is 0.623. The first-order chi connectivity index (χ1) is 3.42. The Morgan fingerprint density at radius 1 is 1.62 bits per heavy atom. The van der Waals surface area contributed by atoms with Crippen molar-refractivity contribution in [2.45, 2.75) is 24.9 Å². The molecule has 0 aliphatic rings. The molecule has 0 aliphatic carbocycles. The predicted molar refractivity (Wildman–Crippen MR) is 43.5 cm³/mol. The fraction of sp³-hybridized carbons (Fsp3) is 0.667. The number of hydrogen-bond acceptors (Lipinski definition) is 0. The molecule has 0 aliphatic heterocycles. The van der Waals surface area contributed by atoms with E-state index in [0.717, 1.165) is 0 Å². The zero-order valence-electron chi connectivity index (χ0n) is 6.58. The van der Waals surface area contributed by atoms with Crippen molar-refractivity contribution in [3.63, 3.8) is 0 Å². The summed E-state index contributed by atoms with van der Waals surface area (Å²) in [6, 6.07) is 0. The molecule has 0 aromatic rings. The zero-order valence-corrected chi connectivity index (χ0v) is 8.58. The van der Waals surface area contributed by atoms with Gasteiger partial charge in [-0.1, -0.05) is 0 Å². The Balaban J connectivity index is 3.89. The van der Waals surface area contributed by atoms with Crippen LogP contribution in [0.1, 0.15) is 20.8 Å². The molecule has 0 aromatic carbocycles. The van der Waals surface area contributed by atoms with Crippen LogP contribution in [0.5, 0.6) is 0 Å². The molecular weight excluding hydrogens is 107 g/mol. The van der Waals surface area contributed by atoms with Gasteiger partial charge >= 0.3 is 64.1 Å². The van der Waals surface area contributed by atoms with Crippen molar-refractivity contribution in [2.24, 2.45) is 0 Å². The molecule has 2 heteroatoms. The second kappa shape index (κ2) is 2.91. The summed E-state index contributed by atoms with van der Waals surface area (Å²) in [6.07, 6.45) is 2.33. The van der Waals surface area contributed by atoms with Crippen molar-refractivity contribution < 1.29 is 0 Å². The summed E-state index contributed by atoms with van der Waals surface area (Å²) in [7, 11) is 1.21. The normalized spacial score (nSPS) is 14.9. The summed E-state index contributed by atoms with van der Waals surface area (Å²) in [5.74, 6) is 0. The van der Waals surface area contributed by atoms with E-state index in [-0.39, 0.29) is 0 Å². The molecule has 0 heterocycles. The molecule has 0 nitrogen and oxygen atoms in total. The minimum atomic E-state index is 0.395. The van der Waals surface area contributed by atoms with Gasteiger partial charge in [-0.3, -0.25) is 0 Å². The molecular formula is C6H13LiSi. The van der Waals surface area contributed by atoms with Crippen LogP contribution in [-0.2, 0) is 0 Å². The van der Waals surface area contributed by atoms with Crippen molar-refractivity contribution in [3.8, 4) is 0 Å². The fourth-order valence-corrected chi connectivity index (χ4v) is 1.73. The molecule has 0 radical (unpaired) electrons. The van der Waals surface area contributed by atoms with Crippen LogP contribution >= 0.6 is 0 Å². The molecule has 0 amide bonds. The van der Waals surface area contributed by atoms with Crippen LogP contribution in [0.15, 0.2) is 11.3 Å². The Morgan fingerprint density at radius 3 is 2.00 bits per heavy atom. The number of rotatable bonds is 1. The van der Waals surface area contributed by atoms with Crippen LogP contribution in [0.2, 0.25) is 4.09 Å². The van der Waals surface area contributed by atoms with Gasteiger partial charge in [-0.2, -0.15) is 0 Å². The van der Waals surface area contributed by atoms with Gasteiger partial charge in [0.1, 0.15) is 0 Å². The molecule has 0 unspecified atom stereocenters. The molecule has 8 heavy (non-hydrogen) atoms. The van der Waals surface area contributed by atoms with Gasteiger partial charge < -0.3 is 0 Å². The van der Waals surface area contributed by atoms with E-state index >= 15 is 0 Å². The Kier molecular flexibility index (Phi) is 3.12. The second-order valence-corrected chi connectivity index (χ2v) is 5.17. The molecule has 0 spiro atoms. The van der Waals surface area contributed by atoms with Gasteiger partial charge in [0.2, 0.25) is 0 Å². The van der Waals surface area contributed by atoms with Gasteiger partial charge in [0.15, 0.2) is 0 Å². The topological polar surface area (TPSA) is 0 Å². The van der Waals surface area contributed by atoms with E-state index in [1.54, 1.807) is 0 Å². The van der Waals surface area contributed by atoms with Crippen molar-refractivity contribution >= 4 is 28.0 Å².